The fourth-order valence-corrected chi connectivity index (χ4v) is 8.85. The molecule has 0 radical (unpaired) electrons. The van der Waals surface area contributed by atoms with Crippen molar-refractivity contribution in [2.75, 3.05) is 9.80 Å². The van der Waals surface area contributed by atoms with Crippen molar-refractivity contribution in [2.24, 2.45) is 0 Å². The number of hydrogen-bond donors (Lipinski definition) is 0. The SMILES string of the molecule is CC(C)(C)c1cccc2c1oc1c(N(c3ccccc3)c3ccc4cc5c(cc4c3)-c3cc4cc(N(c6ccccc6)c6ccccc6)ccc4cc3-5)cccc12. The number of rotatable bonds is 6. The topological polar surface area (TPSA) is 19.6 Å². The minimum absolute atomic E-state index is 0.0512. The van der Waals surface area contributed by atoms with Gasteiger partial charge in [-0.1, -0.05) is 118 Å². The molecule has 0 N–H and O–H groups in total. The summed E-state index contributed by atoms with van der Waals surface area (Å²) in [7, 11) is 0. The van der Waals surface area contributed by atoms with Gasteiger partial charge in [0.05, 0.1) is 5.69 Å². The Balaban J connectivity index is 1.02. The highest BCUT2D eigenvalue weighted by Gasteiger charge is 2.26. The average Bonchev–Trinajstić information content (AvgIpc) is 3.63. The van der Waals surface area contributed by atoms with Gasteiger partial charge in [-0.15, -0.1) is 0 Å². The molecule has 272 valence electrons. The molecule has 10 aromatic rings. The van der Waals surface area contributed by atoms with Crippen LogP contribution in [0.3, 0.4) is 0 Å². The number of furan rings is 1. The van der Waals surface area contributed by atoms with Gasteiger partial charge in [-0.05, 0) is 140 Å². The summed E-state index contributed by atoms with van der Waals surface area (Å²) in [5, 5.41) is 7.18. The second-order valence-corrected chi connectivity index (χ2v) is 16.2. The smallest absolute Gasteiger partial charge is 0.159 e. The lowest BCUT2D eigenvalue weighted by Gasteiger charge is -2.28. The highest BCUT2D eigenvalue weighted by Crippen LogP contribution is 2.52. The number of benzene rings is 9. The first-order chi connectivity index (χ1) is 27.9. The van der Waals surface area contributed by atoms with Gasteiger partial charge in [0, 0.05) is 44.8 Å². The molecular formula is C54H40N2O. The summed E-state index contributed by atoms with van der Waals surface area (Å²) < 4.78 is 6.90. The first-order valence-corrected chi connectivity index (χ1v) is 19.8. The Morgan fingerprint density at radius 2 is 0.789 bits per heavy atom. The Labute approximate surface area is 332 Å². The first kappa shape index (κ1) is 33.3. The number of para-hydroxylation sites is 5. The van der Waals surface area contributed by atoms with Gasteiger partial charge >= 0.3 is 0 Å². The van der Waals surface area contributed by atoms with Crippen LogP contribution in [0.4, 0.5) is 34.1 Å². The fraction of sp³-hybridized carbons (Fsp3) is 0.0741. The lowest BCUT2D eigenvalue weighted by atomic mass is 9.78. The summed E-state index contributed by atoms with van der Waals surface area (Å²) in [6.45, 7) is 6.75. The molecule has 0 saturated carbocycles. The maximum Gasteiger partial charge on any atom is 0.159 e. The third-order valence-corrected chi connectivity index (χ3v) is 11.6. The van der Waals surface area contributed by atoms with Crippen molar-refractivity contribution in [2.45, 2.75) is 26.2 Å². The van der Waals surface area contributed by atoms with Crippen molar-refractivity contribution >= 4 is 77.6 Å². The first-order valence-electron chi connectivity index (χ1n) is 19.8. The van der Waals surface area contributed by atoms with E-state index >= 15 is 0 Å². The van der Waals surface area contributed by atoms with E-state index in [0.717, 1.165) is 56.1 Å². The number of anilines is 6. The summed E-state index contributed by atoms with van der Waals surface area (Å²) in [6, 6.07) is 68.1. The van der Waals surface area contributed by atoms with E-state index in [1.807, 2.05) is 0 Å². The van der Waals surface area contributed by atoms with Crippen molar-refractivity contribution in [3.8, 4) is 22.3 Å². The summed E-state index contributed by atoms with van der Waals surface area (Å²) in [5.74, 6) is 0. The van der Waals surface area contributed by atoms with E-state index in [-0.39, 0.29) is 5.41 Å². The molecule has 1 aliphatic carbocycles. The van der Waals surface area contributed by atoms with Gasteiger partial charge in [0.25, 0.3) is 0 Å². The molecule has 0 amide bonds. The Morgan fingerprint density at radius 1 is 0.351 bits per heavy atom. The molecule has 1 aromatic heterocycles. The maximum atomic E-state index is 6.90. The van der Waals surface area contributed by atoms with Gasteiger partial charge < -0.3 is 14.2 Å². The molecule has 0 aliphatic heterocycles. The molecule has 0 bridgehead atoms. The third kappa shape index (κ3) is 5.42. The summed E-state index contributed by atoms with van der Waals surface area (Å²) in [6.07, 6.45) is 0. The number of hydrogen-bond acceptors (Lipinski definition) is 3. The molecule has 0 spiro atoms. The Kier molecular flexibility index (Phi) is 7.42. The predicted molar refractivity (Wildman–Crippen MR) is 241 cm³/mol. The summed E-state index contributed by atoms with van der Waals surface area (Å²) >= 11 is 0. The fourth-order valence-electron chi connectivity index (χ4n) is 8.85. The second kappa shape index (κ2) is 12.7. The van der Waals surface area contributed by atoms with Gasteiger partial charge in [0.2, 0.25) is 0 Å². The second-order valence-electron chi connectivity index (χ2n) is 16.2. The molecule has 3 nitrogen and oxygen atoms in total. The largest absolute Gasteiger partial charge is 0.454 e. The van der Waals surface area contributed by atoms with E-state index in [4.69, 9.17) is 4.42 Å². The molecule has 0 fully saturated rings. The molecule has 9 aromatic carbocycles. The van der Waals surface area contributed by atoms with Crippen molar-refractivity contribution in [3.05, 3.63) is 194 Å². The third-order valence-electron chi connectivity index (χ3n) is 11.6. The summed E-state index contributed by atoms with van der Waals surface area (Å²) in [5.41, 5.74) is 14.8. The number of fused-ring (bicyclic) bond motifs is 9. The van der Waals surface area contributed by atoms with E-state index in [2.05, 4.69) is 219 Å². The average molecular weight is 733 g/mol. The van der Waals surface area contributed by atoms with E-state index in [1.165, 1.54) is 49.4 Å². The zero-order valence-corrected chi connectivity index (χ0v) is 32.2. The minimum atomic E-state index is -0.0512. The van der Waals surface area contributed by atoms with Crippen LogP contribution in [0.25, 0.3) is 65.7 Å². The summed E-state index contributed by atoms with van der Waals surface area (Å²) in [4.78, 5) is 4.67. The lowest BCUT2D eigenvalue weighted by molar-refractivity contribution is 0.573. The van der Waals surface area contributed by atoms with Gasteiger partial charge in [0.15, 0.2) is 5.58 Å². The molecule has 1 heterocycles. The van der Waals surface area contributed by atoms with Gasteiger partial charge in [0.1, 0.15) is 5.58 Å². The van der Waals surface area contributed by atoms with E-state index in [1.54, 1.807) is 0 Å². The Hall–Kier alpha value is -7.10. The monoisotopic (exact) mass is 732 g/mol. The van der Waals surface area contributed by atoms with E-state index in [0.29, 0.717) is 0 Å². The molecule has 57 heavy (non-hydrogen) atoms. The van der Waals surface area contributed by atoms with Crippen LogP contribution < -0.4 is 9.80 Å². The van der Waals surface area contributed by atoms with Crippen LogP contribution in [0.2, 0.25) is 0 Å². The van der Waals surface area contributed by atoms with Crippen LogP contribution in [-0.4, -0.2) is 0 Å². The van der Waals surface area contributed by atoms with E-state index < -0.39 is 0 Å². The van der Waals surface area contributed by atoms with Gasteiger partial charge in [-0.3, -0.25) is 0 Å². The van der Waals surface area contributed by atoms with Crippen LogP contribution in [0.5, 0.6) is 0 Å². The van der Waals surface area contributed by atoms with Crippen LogP contribution in [0.15, 0.2) is 192 Å². The van der Waals surface area contributed by atoms with Crippen molar-refractivity contribution in [1.82, 2.24) is 0 Å². The zero-order valence-electron chi connectivity index (χ0n) is 32.2. The van der Waals surface area contributed by atoms with Crippen molar-refractivity contribution in [3.63, 3.8) is 0 Å². The highest BCUT2D eigenvalue weighted by molar-refractivity contribution is 6.14. The van der Waals surface area contributed by atoms with Crippen LogP contribution in [-0.2, 0) is 5.41 Å². The Bertz CT molecular complexity index is 3120. The minimum Gasteiger partial charge on any atom is -0.454 e. The molecule has 3 heteroatoms. The normalized spacial score (nSPS) is 12.1. The number of nitrogens with zero attached hydrogens (tertiary/aromatic N) is 2. The standard InChI is InChI=1S/C54H40N2O/c1-54(2,3)50-23-13-21-44-45-22-14-24-51(53(45)57-52(44)50)56(41-19-11-6-12-20-41)43-28-26-36-32-47-46-31-35-25-27-42(29-37(35)33-48(46)49(47)34-38(36)30-43)55(39-15-7-4-8-16-39)40-17-9-5-10-18-40/h4-34H,1-3H3. The zero-order chi connectivity index (χ0) is 38.3. The molecule has 0 saturated heterocycles. The highest BCUT2D eigenvalue weighted by atomic mass is 16.3. The lowest BCUT2D eigenvalue weighted by Crippen LogP contribution is -2.11. The van der Waals surface area contributed by atoms with Crippen LogP contribution in [0.1, 0.15) is 26.3 Å². The van der Waals surface area contributed by atoms with Crippen LogP contribution in [0, 0.1) is 0 Å². The molecule has 0 unspecified atom stereocenters. The predicted octanol–water partition coefficient (Wildman–Crippen LogP) is 15.8. The van der Waals surface area contributed by atoms with E-state index in [9.17, 15) is 0 Å². The molecule has 1 aliphatic rings. The van der Waals surface area contributed by atoms with Crippen molar-refractivity contribution < 1.29 is 4.42 Å². The van der Waals surface area contributed by atoms with Crippen molar-refractivity contribution in [1.29, 1.82) is 0 Å². The Morgan fingerprint density at radius 3 is 1.30 bits per heavy atom. The quantitative estimate of drug-likeness (QED) is 0.170. The molecular weight excluding hydrogens is 693 g/mol. The van der Waals surface area contributed by atoms with Gasteiger partial charge in [-0.2, -0.15) is 0 Å². The molecule has 11 rings (SSSR count). The van der Waals surface area contributed by atoms with Gasteiger partial charge in [-0.25, -0.2) is 0 Å². The molecule has 0 atom stereocenters. The van der Waals surface area contributed by atoms with Crippen LogP contribution >= 0.6 is 0 Å². The maximum absolute atomic E-state index is 6.90.